The van der Waals surface area contributed by atoms with E-state index in [-0.39, 0.29) is 11.0 Å². The summed E-state index contributed by atoms with van der Waals surface area (Å²) in [5, 5.41) is 3.57. The predicted molar refractivity (Wildman–Crippen MR) is 101 cm³/mol. The second-order valence-electron chi connectivity index (χ2n) is 7.83. The van der Waals surface area contributed by atoms with Gasteiger partial charge in [-0.15, -0.1) is 0 Å². The minimum atomic E-state index is 0.0864. The number of aromatic nitrogens is 3. The molecule has 1 N–H and O–H groups in total. The summed E-state index contributed by atoms with van der Waals surface area (Å²) >= 11 is 0. The second kappa shape index (κ2) is 7.80. The maximum Gasteiger partial charge on any atom is 0.115 e. The fourth-order valence-electron chi connectivity index (χ4n) is 4.78. The fraction of sp³-hybridized carbons (Fsp3) is 0.571. The molecule has 2 aromatic rings. The van der Waals surface area contributed by atoms with E-state index < -0.39 is 0 Å². The molecule has 2 fully saturated rings. The van der Waals surface area contributed by atoms with E-state index in [1.165, 1.54) is 31.4 Å². The van der Waals surface area contributed by atoms with Crippen molar-refractivity contribution in [2.45, 2.75) is 62.5 Å². The third-order valence-corrected chi connectivity index (χ3v) is 6.10. The lowest BCUT2D eigenvalue weighted by atomic mass is 9.68. The average Bonchev–Trinajstić information content (AvgIpc) is 3.14. The molecule has 1 spiro atoms. The summed E-state index contributed by atoms with van der Waals surface area (Å²) in [5.41, 5.74) is 2.56. The van der Waals surface area contributed by atoms with Gasteiger partial charge in [0.1, 0.15) is 6.33 Å². The Labute approximate surface area is 155 Å². The van der Waals surface area contributed by atoms with Crippen LogP contribution in [0.15, 0.2) is 43.1 Å². The van der Waals surface area contributed by atoms with Gasteiger partial charge < -0.3 is 10.1 Å². The standard InChI is InChI=1S/C21H28N4O/c1-4-10-25-19(5-1)20(8-11-22-13-18-14-23-17-24-15-18)9-12-26-21(16-20)6-2-3-7-21/h1,4-5,10,14-15,17,22H,2-3,6-9,11-13,16H2/t20-/m1/s1. The average molecular weight is 352 g/mol. The summed E-state index contributed by atoms with van der Waals surface area (Å²) in [6, 6.07) is 6.34. The van der Waals surface area contributed by atoms with Gasteiger partial charge in [0.25, 0.3) is 0 Å². The smallest absolute Gasteiger partial charge is 0.115 e. The number of nitrogens with one attached hydrogen (secondary N) is 1. The highest BCUT2D eigenvalue weighted by molar-refractivity contribution is 5.20. The topological polar surface area (TPSA) is 59.9 Å². The number of pyridine rings is 1. The van der Waals surface area contributed by atoms with Crippen LogP contribution in [0, 0.1) is 0 Å². The molecule has 5 nitrogen and oxygen atoms in total. The third-order valence-electron chi connectivity index (χ3n) is 6.10. The first-order valence-electron chi connectivity index (χ1n) is 9.81. The first-order valence-corrected chi connectivity index (χ1v) is 9.81. The van der Waals surface area contributed by atoms with Gasteiger partial charge >= 0.3 is 0 Å². The lowest BCUT2D eigenvalue weighted by Crippen LogP contribution is -2.47. The fourth-order valence-corrected chi connectivity index (χ4v) is 4.78. The van der Waals surface area contributed by atoms with Crippen LogP contribution >= 0.6 is 0 Å². The molecule has 0 unspecified atom stereocenters. The highest BCUT2D eigenvalue weighted by Crippen LogP contribution is 2.49. The Kier molecular flexibility index (Phi) is 5.27. The van der Waals surface area contributed by atoms with Gasteiger partial charge in [0, 0.05) is 48.4 Å². The normalized spacial score (nSPS) is 24.8. The summed E-state index contributed by atoms with van der Waals surface area (Å²) in [5.74, 6) is 0. The molecule has 3 heterocycles. The number of nitrogens with zero attached hydrogens (tertiary/aromatic N) is 3. The molecule has 4 rings (SSSR count). The van der Waals surface area contributed by atoms with E-state index in [2.05, 4.69) is 27.4 Å². The van der Waals surface area contributed by atoms with Crippen molar-refractivity contribution in [1.29, 1.82) is 0 Å². The lowest BCUT2D eigenvalue weighted by Gasteiger charge is -2.46. The quantitative estimate of drug-likeness (QED) is 0.807. The largest absolute Gasteiger partial charge is 0.375 e. The summed E-state index contributed by atoms with van der Waals surface area (Å²) in [6.45, 7) is 2.62. The molecule has 26 heavy (non-hydrogen) atoms. The van der Waals surface area contributed by atoms with Crippen LogP contribution in [0.1, 0.15) is 56.2 Å². The highest BCUT2D eigenvalue weighted by Gasteiger charge is 2.48. The van der Waals surface area contributed by atoms with Crippen LogP contribution in [-0.2, 0) is 16.7 Å². The Balaban J connectivity index is 1.46. The maximum absolute atomic E-state index is 6.31. The van der Waals surface area contributed by atoms with Crippen LogP contribution in [0.3, 0.4) is 0 Å². The van der Waals surface area contributed by atoms with Gasteiger partial charge in [-0.1, -0.05) is 18.9 Å². The molecule has 1 aliphatic carbocycles. The number of hydrogen-bond acceptors (Lipinski definition) is 5. The van der Waals surface area contributed by atoms with Crippen molar-refractivity contribution in [3.8, 4) is 0 Å². The predicted octanol–water partition coefficient (Wildman–Crippen LogP) is 3.41. The van der Waals surface area contributed by atoms with E-state index in [1.54, 1.807) is 6.33 Å². The molecular formula is C21H28N4O. The van der Waals surface area contributed by atoms with Crippen LogP contribution < -0.4 is 5.32 Å². The van der Waals surface area contributed by atoms with E-state index in [4.69, 9.17) is 9.72 Å². The molecular weight excluding hydrogens is 324 g/mol. The van der Waals surface area contributed by atoms with E-state index in [1.807, 2.05) is 24.7 Å². The summed E-state index contributed by atoms with van der Waals surface area (Å²) in [7, 11) is 0. The first kappa shape index (κ1) is 17.6. The van der Waals surface area contributed by atoms with Gasteiger partial charge in [-0.3, -0.25) is 4.98 Å². The van der Waals surface area contributed by atoms with Gasteiger partial charge in [-0.2, -0.15) is 0 Å². The minimum absolute atomic E-state index is 0.0864. The van der Waals surface area contributed by atoms with Gasteiger partial charge in [0.2, 0.25) is 0 Å². The van der Waals surface area contributed by atoms with Crippen LogP contribution in [0.5, 0.6) is 0 Å². The van der Waals surface area contributed by atoms with Crippen LogP contribution in [-0.4, -0.2) is 33.7 Å². The SMILES string of the molecule is c1ccc([C@]2(CCNCc3cncnc3)CCOC3(CCCC3)C2)nc1. The molecule has 1 atom stereocenters. The van der Waals surface area contributed by atoms with Crippen molar-refractivity contribution in [1.82, 2.24) is 20.3 Å². The molecule has 1 saturated heterocycles. The molecule has 5 heteroatoms. The summed E-state index contributed by atoms with van der Waals surface area (Å²) in [6.07, 6.45) is 15.5. The monoisotopic (exact) mass is 352 g/mol. The van der Waals surface area contributed by atoms with Gasteiger partial charge in [0.15, 0.2) is 0 Å². The Bertz CT molecular complexity index is 688. The first-order chi connectivity index (χ1) is 12.8. The van der Waals surface area contributed by atoms with Crippen molar-refractivity contribution in [3.05, 3.63) is 54.4 Å². The summed E-state index contributed by atoms with van der Waals surface area (Å²) in [4.78, 5) is 12.9. The van der Waals surface area contributed by atoms with Crippen molar-refractivity contribution in [2.75, 3.05) is 13.2 Å². The maximum atomic E-state index is 6.31. The third kappa shape index (κ3) is 3.79. The van der Waals surface area contributed by atoms with Crippen molar-refractivity contribution in [3.63, 3.8) is 0 Å². The molecule has 0 amide bonds. The van der Waals surface area contributed by atoms with Crippen molar-refractivity contribution < 1.29 is 4.74 Å². The molecule has 1 aliphatic heterocycles. The molecule has 2 aromatic heterocycles. The van der Waals surface area contributed by atoms with Crippen molar-refractivity contribution in [2.24, 2.45) is 0 Å². The van der Waals surface area contributed by atoms with Gasteiger partial charge in [-0.05, 0) is 50.8 Å². The Hall–Kier alpha value is -1.85. The van der Waals surface area contributed by atoms with Crippen molar-refractivity contribution >= 4 is 0 Å². The zero-order valence-electron chi connectivity index (χ0n) is 15.4. The van der Waals surface area contributed by atoms with E-state index >= 15 is 0 Å². The number of ether oxygens (including phenoxy) is 1. The Morgan fingerprint density at radius 3 is 2.69 bits per heavy atom. The lowest BCUT2D eigenvalue weighted by molar-refractivity contribution is -0.104. The number of hydrogen-bond donors (Lipinski definition) is 1. The van der Waals surface area contributed by atoms with E-state index in [9.17, 15) is 0 Å². The molecule has 0 bridgehead atoms. The zero-order chi connectivity index (χ0) is 17.7. The van der Waals surface area contributed by atoms with Gasteiger partial charge in [0.05, 0.1) is 5.60 Å². The van der Waals surface area contributed by atoms with Crippen LogP contribution in [0.25, 0.3) is 0 Å². The van der Waals surface area contributed by atoms with Crippen LogP contribution in [0.4, 0.5) is 0 Å². The van der Waals surface area contributed by atoms with E-state index in [0.717, 1.165) is 44.5 Å². The summed E-state index contributed by atoms with van der Waals surface area (Å²) < 4.78 is 6.31. The molecule has 2 aliphatic rings. The zero-order valence-corrected chi connectivity index (χ0v) is 15.4. The second-order valence-corrected chi connectivity index (χ2v) is 7.83. The molecule has 0 aromatic carbocycles. The Morgan fingerprint density at radius 1 is 1.08 bits per heavy atom. The molecule has 0 radical (unpaired) electrons. The molecule has 1 saturated carbocycles. The minimum Gasteiger partial charge on any atom is -0.375 e. The Morgan fingerprint density at radius 2 is 1.92 bits per heavy atom. The number of rotatable bonds is 6. The van der Waals surface area contributed by atoms with Gasteiger partial charge in [-0.25, -0.2) is 9.97 Å². The van der Waals surface area contributed by atoms with E-state index in [0.29, 0.717) is 0 Å². The van der Waals surface area contributed by atoms with Crippen LogP contribution in [0.2, 0.25) is 0 Å². The molecule has 138 valence electrons. The highest BCUT2D eigenvalue weighted by atomic mass is 16.5.